The molecule has 0 aliphatic heterocycles. The molecule has 1 aliphatic carbocycles. The van der Waals surface area contributed by atoms with E-state index >= 15 is 0 Å². The molecular weight excluding hydrogens is 204 g/mol. The maximum absolute atomic E-state index is 2.38. The molecule has 0 heterocycles. The highest BCUT2D eigenvalue weighted by Crippen LogP contribution is 2.47. The molecule has 0 N–H and O–H groups in total. The van der Waals surface area contributed by atoms with Gasteiger partial charge in [-0.25, -0.2) is 0 Å². The Hall–Kier alpha value is 0. The lowest BCUT2D eigenvalue weighted by Crippen LogP contribution is -2.15. The summed E-state index contributed by atoms with van der Waals surface area (Å²) in [7, 11) is 0. The Bertz CT molecular complexity index is 123. The van der Waals surface area contributed by atoms with E-state index in [1.54, 1.807) is 0 Å². The fourth-order valence-electron chi connectivity index (χ4n) is 3.65. The fraction of sp³-hybridized carbons (Fsp3) is 1.00. The Morgan fingerprint density at radius 3 is 1.06 bits per heavy atom. The van der Waals surface area contributed by atoms with Crippen LogP contribution < -0.4 is 0 Å². The van der Waals surface area contributed by atoms with Crippen LogP contribution in [-0.2, 0) is 0 Å². The lowest BCUT2D eigenvalue weighted by atomic mass is 9.82. The van der Waals surface area contributed by atoms with Crippen LogP contribution in [0.1, 0.15) is 87.5 Å². The summed E-state index contributed by atoms with van der Waals surface area (Å²) >= 11 is 0. The standard InChI is InChI=1S/C13H26.2C2H6/c1-5-10-9-11(6-2)13(8-4)12(10)7-3;2*1-2/h10-13H,5-9H2,1-4H3;2*1-2H3. The number of hydrogen-bond acceptors (Lipinski definition) is 0. The average molecular weight is 242 g/mol. The number of hydrogen-bond donors (Lipinski definition) is 0. The van der Waals surface area contributed by atoms with Gasteiger partial charge in [-0.1, -0.05) is 81.1 Å². The quantitative estimate of drug-likeness (QED) is 0.524. The maximum Gasteiger partial charge on any atom is -0.0357 e. The Kier molecular flexibility index (Phi) is 14.2. The molecule has 0 aromatic carbocycles. The van der Waals surface area contributed by atoms with Crippen molar-refractivity contribution in [1.82, 2.24) is 0 Å². The van der Waals surface area contributed by atoms with Gasteiger partial charge in [0.15, 0.2) is 0 Å². The minimum Gasteiger partial charge on any atom is -0.0683 e. The predicted molar refractivity (Wildman–Crippen MR) is 82.4 cm³/mol. The van der Waals surface area contributed by atoms with Crippen molar-refractivity contribution in [2.75, 3.05) is 0 Å². The van der Waals surface area contributed by atoms with Crippen LogP contribution in [0.25, 0.3) is 0 Å². The van der Waals surface area contributed by atoms with Gasteiger partial charge in [0.25, 0.3) is 0 Å². The van der Waals surface area contributed by atoms with Crippen molar-refractivity contribution in [3.8, 4) is 0 Å². The lowest BCUT2D eigenvalue weighted by Gasteiger charge is -2.23. The zero-order valence-corrected chi connectivity index (χ0v) is 13.8. The first-order valence-electron chi connectivity index (χ1n) is 8.28. The normalized spacial score (nSPS) is 31.1. The number of rotatable bonds is 4. The highest BCUT2D eigenvalue weighted by Gasteiger charge is 2.38. The summed E-state index contributed by atoms with van der Waals surface area (Å²) in [6.45, 7) is 17.5. The zero-order chi connectivity index (χ0) is 13.8. The molecule has 0 aromatic heterocycles. The minimum atomic E-state index is 1.04. The zero-order valence-electron chi connectivity index (χ0n) is 13.8. The molecule has 0 heteroatoms. The van der Waals surface area contributed by atoms with E-state index in [9.17, 15) is 0 Å². The first kappa shape index (κ1) is 19.3. The van der Waals surface area contributed by atoms with Crippen LogP contribution >= 0.6 is 0 Å². The second-order valence-corrected chi connectivity index (χ2v) is 4.72. The van der Waals surface area contributed by atoms with Gasteiger partial charge in [0.05, 0.1) is 0 Å². The van der Waals surface area contributed by atoms with Gasteiger partial charge in [-0.05, 0) is 30.1 Å². The van der Waals surface area contributed by atoms with Gasteiger partial charge in [0, 0.05) is 0 Å². The van der Waals surface area contributed by atoms with Crippen molar-refractivity contribution in [3.05, 3.63) is 0 Å². The predicted octanol–water partition coefficient (Wildman–Crippen LogP) is 6.55. The van der Waals surface area contributed by atoms with Crippen molar-refractivity contribution in [3.63, 3.8) is 0 Å². The lowest BCUT2D eigenvalue weighted by molar-refractivity contribution is 0.260. The molecular formula is C17H38. The molecule has 106 valence electrons. The topological polar surface area (TPSA) is 0 Å². The van der Waals surface area contributed by atoms with Gasteiger partial charge in [0.1, 0.15) is 0 Å². The van der Waals surface area contributed by atoms with Crippen molar-refractivity contribution < 1.29 is 0 Å². The van der Waals surface area contributed by atoms with E-state index in [2.05, 4.69) is 27.7 Å². The highest BCUT2D eigenvalue weighted by molar-refractivity contribution is 4.88. The molecule has 1 rings (SSSR count). The van der Waals surface area contributed by atoms with E-state index in [1.807, 2.05) is 27.7 Å². The Balaban J connectivity index is 0. The van der Waals surface area contributed by atoms with Gasteiger partial charge >= 0.3 is 0 Å². The highest BCUT2D eigenvalue weighted by atomic mass is 14.4. The van der Waals surface area contributed by atoms with E-state index in [-0.39, 0.29) is 0 Å². The van der Waals surface area contributed by atoms with Crippen LogP contribution in [-0.4, -0.2) is 0 Å². The van der Waals surface area contributed by atoms with Crippen molar-refractivity contribution in [1.29, 1.82) is 0 Å². The Morgan fingerprint density at radius 1 is 0.588 bits per heavy atom. The van der Waals surface area contributed by atoms with Crippen LogP contribution in [0.4, 0.5) is 0 Å². The smallest absolute Gasteiger partial charge is 0.0357 e. The van der Waals surface area contributed by atoms with E-state index in [1.165, 1.54) is 32.1 Å². The maximum atomic E-state index is 2.38. The monoisotopic (exact) mass is 242 g/mol. The van der Waals surface area contributed by atoms with Gasteiger partial charge in [-0.2, -0.15) is 0 Å². The first-order valence-corrected chi connectivity index (χ1v) is 8.28. The molecule has 0 radical (unpaired) electrons. The molecule has 0 aromatic rings. The molecule has 0 bridgehead atoms. The van der Waals surface area contributed by atoms with Crippen LogP contribution in [0, 0.1) is 23.7 Å². The summed E-state index contributed by atoms with van der Waals surface area (Å²) in [4.78, 5) is 0. The minimum absolute atomic E-state index is 1.04. The van der Waals surface area contributed by atoms with E-state index in [0.29, 0.717) is 0 Å². The third kappa shape index (κ3) is 5.44. The van der Waals surface area contributed by atoms with Gasteiger partial charge in [0.2, 0.25) is 0 Å². The van der Waals surface area contributed by atoms with E-state index in [4.69, 9.17) is 0 Å². The molecule has 1 aliphatic rings. The van der Waals surface area contributed by atoms with Crippen molar-refractivity contribution in [2.45, 2.75) is 87.5 Å². The second-order valence-electron chi connectivity index (χ2n) is 4.72. The largest absolute Gasteiger partial charge is 0.0683 e. The molecule has 4 unspecified atom stereocenters. The summed E-state index contributed by atoms with van der Waals surface area (Å²) in [5.74, 6) is 4.17. The van der Waals surface area contributed by atoms with Crippen molar-refractivity contribution >= 4 is 0 Å². The van der Waals surface area contributed by atoms with Crippen molar-refractivity contribution in [2.24, 2.45) is 23.7 Å². The summed E-state index contributed by atoms with van der Waals surface area (Å²) in [6.07, 6.45) is 7.15. The van der Waals surface area contributed by atoms with Crippen LogP contribution in [0.2, 0.25) is 0 Å². The SMILES string of the molecule is CC.CC.CCC1CC(CC)C(CC)C1CC. The molecule has 0 saturated heterocycles. The third-order valence-corrected chi connectivity index (χ3v) is 4.36. The third-order valence-electron chi connectivity index (χ3n) is 4.36. The van der Waals surface area contributed by atoms with Gasteiger partial charge < -0.3 is 0 Å². The average Bonchev–Trinajstić information content (AvgIpc) is 2.79. The Labute approximate surface area is 112 Å². The van der Waals surface area contributed by atoms with Gasteiger partial charge in [-0.15, -0.1) is 0 Å². The molecule has 4 atom stereocenters. The second kappa shape index (κ2) is 12.5. The summed E-state index contributed by atoms with van der Waals surface area (Å²) < 4.78 is 0. The summed E-state index contributed by atoms with van der Waals surface area (Å²) in [5.41, 5.74) is 0. The molecule has 0 amide bonds. The van der Waals surface area contributed by atoms with Crippen LogP contribution in [0.5, 0.6) is 0 Å². The van der Waals surface area contributed by atoms with Gasteiger partial charge in [-0.3, -0.25) is 0 Å². The van der Waals surface area contributed by atoms with E-state index in [0.717, 1.165) is 23.7 Å². The first-order chi connectivity index (χ1) is 8.28. The fourth-order valence-corrected chi connectivity index (χ4v) is 3.65. The molecule has 17 heavy (non-hydrogen) atoms. The molecule has 1 saturated carbocycles. The summed E-state index contributed by atoms with van der Waals surface area (Å²) in [6, 6.07) is 0. The Morgan fingerprint density at radius 2 is 0.882 bits per heavy atom. The molecule has 0 nitrogen and oxygen atoms in total. The van der Waals surface area contributed by atoms with Crippen LogP contribution in [0.3, 0.4) is 0 Å². The molecule has 1 fully saturated rings. The molecule has 0 spiro atoms. The van der Waals surface area contributed by atoms with E-state index < -0.39 is 0 Å². The summed E-state index contributed by atoms with van der Waals surface area (Å²) in [5, 5.41) is 0. The van der Waals surface area contributed by atoms with Crippen LogP contribution in [0.15, 0.2) is 0 Å².